The summed E-state index contributed by atoms with van der Waals surface area (Å²) in [5.74, 6) is 1.22. The van der Waals surface area contributed by atoms with E-state index in [4.69, 9.17) is 10.5 Å². The van der Waals surface area contributed by atoms with Gasteiger partial charge in [-0.05, 0) is 109 Å². The van der Waals surface area contributed by atoms with Gasteiger partial charge in [-0.1, -0.05) is 26.3 Å². The van der Waals surface area contributed by atoms with Crippen LogP contribution in [0, 0.1) is 5.92 Å². The second-order valence-electron chi connectivity index (χ2n) is 15.8. The van der Waals surface area contributed by atoms with Crippen molar-refractivity contribution in [2.24, 2.45) is 11.7 Å². The Labute approximate surface area is 296 Å². The predicted octanol–water partition coefficient (Wildman–Crippen LogP) is 4.53. The van der Waals surface area contributed by atoms with E-state index in [1.807, 2.05) is 24.3 Å². The molecule has 0 unspecified atom stereocenters. The molecule has 49 heavy (non-hydrogen) atoms. The average molecular weight is 682 g/mol. The molecule has 276 valence electrons. The number of hydrogen-bond donors (Lipinski definition) is 4. The Balaban J connectivity index is 0.000000232. The number of ether oxygens (including phenoxy) is 1. The quantitative estimate of drug-likeness (QED) is 0.274. The fourth-order valence-corrected chi connectivity index (χ4v) is 8.06. The van der Waals surface area contributed by atoms with Crippen molar-refractivity contribution < 1.29 is 14.6 Å². The molecule has 2 aromatic rings. The number of nitrogens with zero attached hydrogens (tertiary/aromatic N) is 4. The van der Waals surface area contributed by atoms with Gasteiger partial charge in [-0.15, -0.1) is 0 Å². The van der Waals surface area contributed by atoms with E-state index >= 15 is 0 Å². The van der Waals surface area contributed by atoms with Gasteiger partial charge in [0.25, 0.3) is 5.91 Å². The molecule has 3 atom stereocenters. The van der Waals surface area contributed by atoms with Crippen LogP contribution in [0.1, 0.15) is 96.0 Å². The third-order valence-electron chi connectivity index (χ3n) is 11.3. The number of hydrogen-bond acceptors (Lipinski definition) is 8. The molecule has 1 aromatic heterocycles. The summed E-state index contributed by atoms with van der Waals surface area (Å²) in [6.07, 6.45) is 10.4. The summed E-state index contributed by atoms with van der Waals surface area (Å²) in [4.78, 5) is 26.3. The SMILES string of the molecule is CC(C)COc1cccc2[nH]c(C(=O)NC3CCN(CCN4CCC[C@@H](O)C4)CC3)cc12.C[C@@H]1CCC[C@H](C)N1CCN1CCC(N)CC1. The number of nitrogens with one attached hydrogen (secondary N) is 2. The topological polar surface area (TPSA) is 113 Å². The van der Waals surface area contributed by atoms with Crippen molar-refractivity contribution in [2.45, 2.75) is 116 Å². The first kappa shape index (κ1) is 38.0. The van der Waals surface area contributed by atoms with Gasteiger partial charge in [0.2, 0.25) is 0 Å². The smallest absolute Gasteiger partial charge is 0.267 e. The lowest BCUT2D eigenvalue weighted by molar-refractivity contribution is 0.0617. The first-order valence-corrected chi connectivity index (χ1v) is 19.6. The van der Waals surface area contributed by atoms with Crippen molar-refractivity contribution in [3.05, 3.63) is 30.0 Å². The highest BCUT2D eigenvalue weighted by molar-refractivity contribution is 5.99. The minimum Gasteiger partial charge on any atom is -0.493 e. The van der Waals surface area contributed by atoms with Crippen molar-refractivity contribution in [3.8, 4) is 5.75 Å². The maximum absolute atomic E-state index is 12.9. The Bertz CT molecular complexity index is 1260. The molecule has 1 amide bonds. The number of aromatic nitrogens is 1. The number of fused-ring (bicyclic) bond motifs is 1. The van der Waals surface area contributed by atoms with Crippen LogP contribution in [0.5, 0.6) is 5.75 Å². The molecule has 10 nitrogen and oxygen atoms in total. The van der Waals surface area contributed by atoms with Crippen LogP contribution in [0.3, 0.4) is 0 Å². The lowest BCUT2D eigenvalue weighted by Gasteiger charge is -2.40. The highest BCUT2D eigenvalue weighted by Gasteiger charge is 2.26. The number of H-pyrrole nitrogens is 1. The van der Waals surface area contributed by atoms with Gasteiger partial charge in [-0.25, -0.2) is 0 Å². The molecule has 0 bridgehead atoms. The molecule has 4 aliphatic rings. The van der Waals surface area contributed by atoms with E-state index in [9.17, 15) is 9.90 Å². The van der Waals surface area contributed by atoms with Gasteiger partial charge in [0.1, 0.15) is 11.4 Å². The lowest BCUT2D eigenvalue weighted by Crippen LogP contribution is -2.49. The fourth-order valence-electron chi connectivity index (χ4n) is 8.06. The average Bonchev–Trinajstić information content (AvgIpc) is 3.54. The van der Waals surface area contributed by atoms with Crippen molar-refractivity contribution in [1.29, 1.82) is 0 Å². The predicted molar refractivity (Wildman–Crippen MR) is 200 cm³/mol. The van der Waals surface area contributed by atoms with Gasteiger partial charge in [0, 0.05) is 80.9 Å². The number of aromatic amines is 1. The number of amides is 1. The number of piperidine rings is 4. The van der Waals surface area contributed by atoms with Crippen LogP contribution in [-0.2, 0) is 0 Å². The Morgan fingerprint density at radius 3 is 2.22 bits per heavy atom. The zero-order valence-corrected chi connectivity index (χ0v) is 31.0. The number of aliphatic hydroxyl groups excluding tert-OH is 1. The number of carbonyl (C=O) groups excluding carboxylic acids is 1. The van der Waals surface area contributed by atoms with E-state index in [-0.39, 0.29) is 18.1 Å². The normalized spacial score (nSPS) is 25.7. The van der Waals surface area contributed by atoms with E-state index in [0.717, 1.165) is 93.7 Å². The fraction of sp³-hybridized carbons (Fsp3) is 0.769. The molecule has 0 aliphatic carbocycles. The molecule has 4 fully saturated rings. The summed E-state index contributed by atoms with van der Waals surface area (Å²) in [6.45, 7) is 20.5. The summed E-state index contributed by atoms with van der Waals surface area (Å²) in [5.41, 5.74) is 7.46. The molecule has 0 radical (unpaired) electrons. The number of nitrogens with two attached hydrogens (primary N) is 1. The van der Waals surface area contributed by atoms with Crippen LogP contribution in [0.25, 0.3) is 10.9 Å². The van der Waals surface area contributed by atoms with Crippen LogP contribution >= 0.6 is 0 Å². The zero-order valence-electron chi connectivity index (χ0n) is 31.0. The molecule has 1 aromatic carbocycles. The number of benzene rings is 1. The van der Waals surface area contributed by atoms with Gasteiger partial charge in [-0.2, -0.15) is 0 Å². The van der Waals surface area contributed by atoms with Gasteiger partial charge in [-0.3, -0.25) is 14.6 Å². The maximum Gasteiger partial charge on any atom is 0.267 e. The van der Waals surface area contributed by atoms with Gasteiger partial charge in [0.05, 0.1) is 12.7 Å². The summed E-state index contributed by atoms with van der Waals surface area (Å²) in [6, 6.07) is 10.0. The molecule has 5 N–H and O–H groups in total. The van der Waals surface area contributed by atoms with Crippen LogP contribution in [0.4, 0.5) is 0 Å². The van der Waals surface area contributed by atoms with E-state index in [0.29, 0.717) is 24.3 Å². The van der Waals surface area contributed by atoms with Gasteiger partial charge < -0.3 is 35.7 Å². The second kappa shape index (κ2) is 18.9. The standard InChI is InChI=1S/C25H38N4O3.C14H29N3/c1-18(2)17-32-24-7-3-6-22-21(24)15-23(27-22)25(31)26-19-8-11-28(12-9-19)13-14-29-10-4-5-20(30)16-29;1-12-4-3-5-13(2)17(12)11-10-16-8-6-14(15)7-9-16/h3,6-7,15,18-20,27,30H,4-5,8-14,16-17H2,1-2H3,(H,26,31);12-14H,3-11,15H2,1-2H3/t20-;12-,13+/m1./s1. The first-order valence-electron chi connectivity index (χ1n) is 19.6. The Morgan fingerprint density at radius 1 is 0.898 bits per heavy atom. The second-order valence-corrected chi connectivity index (χ2v) is 15.8. The number of β-amino-alcohol motifs (C(OH)–C–C–N with tert-alkyl or cyclic N) is 1. The molecule has 4 aliphatic heterocycles. The van der Waals surface area contributed by atoms with Gasteiger partial charge >= 0.3 is 0 Å². The minimum atomic E-state index is -0.160. The van der Waals surface area contributed by atoms with E-state index in [2.05, 4.69) is 57.6 Å². The van der Waals surface area contributed by atoms with Crippen molar-refractivity contribution >= 4 is 16.8 Å². The summed E-state index contributed by atoms with van der Waals surface area (Å²) >= 11 is 0. The van der Waals surface area contributed by atoms with Crippen LogP contribution in [0.2, 0.25) is 0 Å². The van der Waals surface area contributed by atoms with Crippen LogP contribution < -0.4 is 15.8 Å². The molecule has 5 heterocycles. The largest absolute Gasteiger partial charge is 0.493 e. The van der Waals surface area contributed by atoms with E-state index < -0.39 is 0 Å². The summed E-state index contributed by atoms with van der Waals surface area (Å²) in [7, 11) is 0. The van der Waals surface area contributed by atoms with Gasteiger partial charge in [0.15, 0.2) is 0 Å². The van der Waals surface area contributed by atoms with Crippen molar-refractivity contribution in [2.75, 3.05) is 72.1 Å². The molecule has 0 spiro atoms. The third-order valence-corrected chi connectivity index (χ3v) is 11.3. The molecular weight excluding hydrogens is 614 g/mol. The van der Waals surface area contributed by atoms with Crippen molar-refractivity contribution in [3.63, 3.8) is 0 Å². The number of rotatable bonds is 11. The van der Waals surface area contributed by atoms with E-state index in [1.165, 1.54) is 58.3 Å². The van der Waals surface area contributed by atoms with Crippen LogP contribution in [0.15, 0.2) is 24.3 Å². The number of likely N-dealkylation sites (tertiary alicyclic amines) is 4. The lowest BCUT2D eigenvalue weighted by atomic mass is 9.97. The third kappa shape index (κ3) is 11.7. The highest BCUT2D eigenvalue weighted by Crippen LogP contribution is 2.27. The Kier molecular flexibility index (Phi) is 14.6. The monoisotopic (exact) mass is 682 g/mol. The first-order chi connectivity index (χ1) is 23.6. The number of aliphatic hydroxyl groups is 1. The molecule has 6 rings (SSSR count). The van der Waals surface area contributed by atoms with Crippen LogP contribution in [-0.4, -0.2) is 138 Å². The van der Waals surface area contributed by atoms with Crippen molar-refractivity contribution in [1.82, 2.24) is 29.9 Å². The maximum atomic E-state index is 12.9. The highest BCUT2D eigenvalue weighted by atomic mass is 16.5. The minimum absolute atomic E-state index is 0.0447. The molecule has 10 heteroatoms. The molecule has 4 saturated heterocycles. The zero-order chi connectivity index (χ0) is 34.8. The Hall–Kier alpha value is -2.21. The van der Waals surface area contributed by atoms with E-state index in [1.54, 1.807) is 0 Å². The molecule has 0 saturated carbocycles. The molecular formula is C39H67N7O3. The Morgan fingerprint density at radius 2 is 1.55 bits per heavy atom. The summed E-state index contributed by atoms with van der Waals surface area (Å²) in [5, 5.41) is 14.0. The summed E-state index contributed by atoms with van der Waals surface area (Å²) < 4.78 is 5.93. The number of carbonyl (C=O) groups is 1.